The first-order valence-corrected chi connectivity index (χ1v) is 10.7. The Balaban J connectivity index is 2.68. The first-order chi connectivity index (χ1) is 12.0. The Labute approximate surface area is 158 Å². The standard InChI is InChI=1S/C16H19N3O4S3/c1-11-4-6-12(7-5-11)25(20,21)15-9-8-13(26(22,23)19(2)3)10-14(15)18-16(17)24/h4-10H,1-3H3,(H3,17,18,24). The molecule has 3 N–H and O–H groups in total. The van der Waals surface area contributed by atoms with Gasteiger partial charge in [-0.05, 0) is 49.5 Å². The van der Waals surface area contributed by atoms with Crippen molar-refractivity contribution in [2.24, 2.45) is 5.73 Å². The molecule has 7 nitrogen and oxygen atoms in total. The normalized spacial score (nSPS) is 12.2. The molecule has 0 aromatic heterocycles. The van der Waals surface area contributed by atoms with E-state index >= 15 is 0 Å². The molecule has 2 aromatic rings. The highest BCUT2D eigenvalue weighted by molar-refractivity contribution is 7.91. The molecule has 0 aliphatic carbocycles. The summed E-state index contributed by atoms with van der Waals surface area (Å²) in [6.07, 6.45) is 0. The summed E-state index contributed by atoms with van der Waals surface area (Å²) < 4.78 is 51.6. The average Bonchev–Trinajstić information content (AvgIpc) is 2.54. The van der Waals surface area contributed by atoms with Crippen molar-refractivity contribution in [2.75, 3.05) is 19.4 Å². The molecule has 0 saturated heterocycles. The summed E-state index contributed by atoms with van der Waals surface area (Å²) in [5, 5.41) is 2.38. The van der Waals surface area contributed by atoms with Crippen LogP contribution in [0.15, 0.2) is 57.2 Å². The summed E-state index contributed by atoms with van der Waals surface area (Å²) in [5.74, 6) is 0. The summed E-state index contributed by atoms with van der Waals surface area (Å²) in [4.78, 5) is -0.117. The van der Waals surface area contributed by atoms with Gasteiger partial charge in [0, 0.05) is 14.1 Å². The van der Waals surface area contributed by atoms with Crippen LogP contribution in [0, 0.1) is 6.92 Å². The second kappa shape index (κ2) is 7.31. The largest absolute Gasteiger partial charge is 0.376 e. The van der Waals surface area contributed by atoms with Gasteiger partial charge in [-0.2, -0.15) is 0 Å². The topological polar surface area (TPSA) is 110 Å². The first kappa shape index (κ1) is 20.3. The molecule has 10 heteroatoms. The van der Waals surface area contributed by atoms with E-state index in [2.05, 4.69) is 5.32 Å². The molecule has 0 saturated carbocycles. The monoisotopic (exact) mass is 413 g/mol. The van der Waals surface area contributed by atoms with Crippen LogP contribution in [0.4, 0.5) is 5.69 Å². The van der Waals surface area contributed by atoms with Crippen LogP contribution in [0.25, 0.3) is 0 Å². The van der Waals surface area contributed by atoms with Gasteiger partial charge in [-0.15, -0.1) is 0 Å². The minimum Gasteiger partial charge on any atom is -0.376 e. The predicted octanol–water partition coefficient (Wildman–Crippen LogP) is 1.73. The molecule has 0 bridgehead atoms. The molecule has 0 atom stereocenters. The lowest BCUT2D eigenvalue weighted by Crippen LogP contribution is -2.24. The average molecular weight is 414 g/mol. The number of rotatable bonds is 5. The van der Waals surface area contributed by atoms with Gasteiger partial charge in [0.05, 0.1) is 20.4 Å². The number of hydrogen-bond donors (Lipinski definition) is 2. The number of sulfone groups is 1. The number of thiocarbonyl (C=S) groups is 1. The molecule has 0 heterocycles. The van der Waals surface area contributed by atoms with Gasteiger partial charge in [0.25, 0.3) is 0 Å². The van der Waals surface area contributed by atoms with Gasteiger partial charge in [-0.25, -0.2) is 21.1 Å². The maximum Gasteiger partial charge on any atom is 0.242 e. The SMILES string of the molecule is Cc1ccc(S(=O)(=O)c2ccc(S(=O)(=O)N(C)C)cc2NC(N)=S)cc1. The molecular formula is C16H19N3O4S3. The van der Waals surface area contributed by atoms with Crippen molar-refractivity contribution in [3.63, 3.8) is 0 Å². The van der Waals surface area contributed by atoms with Crippen LogP contribution in [0.3, 0.4) is 0 Å². The van der Waals surface area contributed by atoms with Crippen LogP contribution in [-0.4, -0.2) is 40.3 Å². The van der Waals surface area contributed by atoms with E-state index < -0.39 is 19.9 Å². The summed E-state index contributed by atoms with van der Waals surface area (Å²) in [6, 6.07) is 10.00. The van der Waals surface area contributed by atoms with Crippen molar-refractivity contribution >= 4 is 42.9 Å². The lowest BCUT2D eigenvalue weighted by Gasteiger charge is -2.16. The van der Waals surface area contributed by atoms with E-state index in [0.717, 1.165) is 9.87 Å². The molecule has 0 spiro atoms. The zero-order valence-corrected chi connectivity index (χ0v) is 16.9. The van der Waals surface area contributed by atoms with Gasteiger partial charge < -0.3 is 11.1 Å². The Morgan fingerprint density at radius 1 is 1.00 bits per heavy atom. The van der Waals surface area contributed by atoms with E-state index in [-0.39, 0.29) is 25.5 Å². The van der Waals surface area contributed by atoms with E-state index in [0.29, 0.717) is 0 Å². The number of anilines is 1. The summed E-state index contributed by atoms with van der Waals surface area (Å²) in [7, 11) is -4.89. The minimum absolute atomic E-state index is 0.000926. The second-order valence-corrected chi connectivity index (χ2v) is 10.3. The van der Waals surface area contributed by atoms with Crippen LogP contribution < -0.4 is 11.1 Å². The van der Waals surface area contributed by atoms with Crippen molar-refractivity contribution in [1.82, 2.24) is 4.31 Å². The van der Waals surface area contributed by atoms with Crippen molar-refractivity contribution in [3.05, 3.63) is 48.0 Å². The Morgan fingerprint density at radius 3 is 2.04 bits per heavy atom. The molecule has 26 heavy (non-hydrogen) atoms. The maximum absolute atomic E-state index is 13.0. The molecule has 2 rings (SSSR count). The van der Waals surface area contributed by atoms with Gasteiger partial charge in [0.15, 0.2) is 5.11 Å². The fourth-order valence-electron chi connectivity index (χ4n) is 2.19. The van der Waals surface area contributed by atoms with Crippen LogP contribution >= 0.6 is 12.2 Å². The number of nitrogens with one attached hydrogen (secondary N) is 1. The molecule has 0 amide bonds. The van der Waals surface area contributed by atoms with Gasteiger partial charge in [-0.1, -0.05) is 17.7 Å². The number of hydrogen-bond acceptors (Lipinski definition) is 5. The molecule has 140 valence electrons. The Kier molecular flexibility index (Phi) is 5.71. The van der Waals surface area contributed by atoms with E-state index in [1.54, 1.807) is 12.1 Å². The van der Waals surface area contributed by atoms with Crippen LogP contribution in [0.5, 0.6) is 0 Å². The van der Waals surface area contributed by atoms with Crippen LogP contribution in [0.1, 0.15) is 5.56 Å². The van der Waals surface area contributed by atoms with Crippen molar-refractivity contribution < 1.29 is 16.8 Å². The Bertz CT molecular complexity index is 1040. The van der Waals surface area contributed by atoms with Crippen LogP contribution in [-0.2, 0) is 19.9 Å². The zero-order valence-electron chi connectivity index (χ0n) is 14.4. The lowest BCUT2D eigenvalue weighted by molar-refractivity contribution is 0.520. The third-order valence-corrected chi connectivity index (χ3v) is 7.35. The van der Waals surface area contributed by atoms with Crippen LogP contribution in [0.2, 0.25) is 0 Å². The fraction of sp³-hybridized carbons (Fsp3) is 0.188. The molecular weight excluding hydrogens is 394 g/mol. The number of nitrogens with zero attached hydrogens (tertiary/aromatic N) is 1. The quantitative estimate of drug-likeness (QED) is 0.719. The van der Waals surface area contributed by atoms with E-state index in [1.165, 1.54) is 44.4 Å². The molecule has 0 fully saturated rings. The van der Waals surface area contributed by atoms with E-state index in [4.69, 9.17) is 18.0 Å². The molecule has 2 aromatic carbocycles. The Morgan fingerprint density at radius 2 is 1.54 bits per heavy atom. The minimum atomic E-state index is -3.90. The fourth-order valence-corrected chi connectivity index (χ4v) is 4.62. The molecule has 0 radical (unpaired) electrons. The maximum atomic E-state index is 13.0. The van der Waals surface area contributed by atoms with Gasteiger partial charge in [-0.3, -0.25) is 0 Å². The summed E-state index contributed by atoms with van der Waals surface area (Å²) in [6.45, 7) is 1.84. The number of aryl methyl sites for hydroxylation is 1. The Hall–Kier alpha value is -2.01. The lowest BCUT2D eigenvalue weighted by atomic mass is 10.2. The van der Waals surface area contributed by atoms with Crippen molar-refractivity contribution in [1.29, 1.82) is 0 Å². The number of sulfonamides is 1. The third-order valence-electron chi connectivity index (χ3n) is 3.61. The molecule has 0 unspecified atom stereocenters. The highest BCUT2D eigenvalue weighted by Crippen LogP contribution is 2.30. The third kappa shape index (κ3) is 4.04. The van der Waals surface area contributed by atoms with E-state index in [1.807, 2.05) is 6.92 Å². The van der Waals surface area contributed by atoms with E-state index in [9.17, 15) is 16.8 Å². The summed E-state index contributed by atoms with van der Waals surface area (Å²) >= 11 is 4.79. The van der Waals surface area contributed by atoms with Crippen molar-refractivity contribution in [3.8, 4) is 0 Å². The van der Waals surface area contributed by atoms with Gasteiger partial charge in [0.1, 0.15) is 0 Å². The van der Waals surface area contributed by atoms with Gasteiger partial charge in [0.2, 0.25) is 19.9 Å². The number of benzene rings is 2. The molecule has 0 aliphatic rings. The highest BCUT2D eigenvalue weighted by atomic mass is 32.2. The number of nitrogens with two attached hydrogens (primary N) is 1. The molecule has 0 aliphatic heterocycles. The summed E-state index contributed by atoms with van der Waals surface area (Å²) in [5.41, 5.74) is 6.40. The van der Waals surface area contributed by atoms with Gasteiger partial charge >= 0.3 is 0 Å². The highest BCUT2D eigenvalue weighted by Gasteiger charge is 2.25. The second-order valence-electron chi connectivity index (χ2n) is 5.75. The van der Waals surface area contributed by atoms with Crippen molar-refractivity contribution in [2.45, 2.75) is 21.6 Å². The zero-order chi connectivity index (χ0) is 19.7. The smallest absolute Gasteiger partial charge is 0.242 e. The predicted molar refractivity (Wildman–Crippen MR) is 104 cm³/mol. The first-order valence-electron chi connectivity index (χ1n) is 7.41.